The summed E-state index contributed by atoms with van der Waals surface area (Å²) in [4.78, 5) is 28.3. The number of hydrogen-bond donors (Lipinski definition) is 1. The Morgan fingerprint density at radius 3 is 2.80 bits per heavy atom. The van der Waals surface area contributed by atoms with Gasteiger partial charge in [-0.2, -0.15) is 0 Å². The first kappa shape index (κ1) is 19.3. The zero-order valence-corrected chi connectivity index (χ0v) is 15.2. The molecule has 1 aliphatic heterocycles. The third-order valence-electron chi connectivity index (χ3n) is 4.21. The molecule has 1 fully saturated rings. The molecule has 0 saturated carbocycles. The van der Waals surface area contributed by atoms with E-state index in [4.69, 9.17) is 21.8 Å². The fourth-order valence-corrected chi connectivity index (χ4v) is 3.12. The smallest absolute Gasteiger partial charge is 0.257 e. The second-order valence-electron chi connectivity index (χ2n) is 5.67. The molecule has 1 saturated heterocycles. The quantitative estimate of drug-likeness (QED) is 0.879. The van der Waals surface area contributed by atoms with Crippen molar-refractivity contribution in [1.29, 1.82) is 0 Å². The fraction of sp³-hybridized carbons (Fsp3) is 0.294. The van der Waals surface area contributed by atoms with E-state index in [1.54, 1.807) is 30.1 Å². The summed E-state index contributed by atoms with van der Waals surface area (Å²) in [6.07, 6.45) is 1.92. The lowest BCUT2D eigenvalue weighted by Gasteiger charge is -2.24. The summed E-state index contributed by atoms with van der Waals surface area (Å²) >= 11 is 6.18. The standard InChI is InChI=1S/C17H18ClN3O3.ClH/c1-20(16(22)11-8-12(9-19)24-10-11)15-6-7-21(17(15)23)14-5-3-2-4-13(14)18;/h2-5,8,10,15H,6-7,9,19H2,1H3;1H. The number of nitrogens with two attached hydrogens (primary N) is 1. The Morgan fingerprint density at radius 2 is 2.16 bits per heavy atom. The number of halogens is 2. The van der Waals surface area contributed by atoms with E-state index < -0.39 is 6.04 Å². The largest absolute Gasteiger partial charge is 0.467 e. The van der Waals surface area contributed by atoms with Gasteiger partial charge in [0.05, 0.1) is 22.8 Å². The maximum Gasteiger partial charge on any atom is 0.257 e. The molecular weight excluding hydrogens is 365 g/mol. The van der Waals surface area contributed by atoms with Gasteiger partial charge in [0.25, 0.3) is 5.91 Å². The first-order chi connectivity index (χ1) is 11.5. The van der Waals surface area contributed by atoms with Crippen molar-refractivity contribution in [3.63, 3.8) is 0 Å². The minimum Gasteiger partial charge on any atom is -0.467 e. The number of carbonyl (C=O) groups is 2. The van der Waals surface area contributed by atoms with Gasteiger partial charge in [0.1, 0.15) is 18.1 Å². The van der Waals surface area contributed by atoms with E-state index in [1.165, 1.54) is 11.2 Å². The highest BCUT2D eigenvalue weighted by molar-refractivity contribution is 6.34. The topological polar surface area (TPSA) is 79.8 Å². The van der Waals surface area contributed by atoms with Crippen molar-refractivity contribution in [3.8, 4) is 0 Å². The number of amides is 2. The Bertz CT molecular complexity index is 778. The van der Waals surface area contributed by atoms with Crippen molar-refractivity contribution >= 4 is 41.5 Å². The molecule has 1 aliphatic rings. The molecule has 2 aromatic rings. The molecule has 0 aliphatic carbocycles. The number of rotatable bonds is 4. The zero-order chi connectivity index (χ0) is 17.3. The minimum absolute atomic E-state index is 0. The second kappa shape index (κ2) is 7.91. The van der Waals surface area contributed by atoms with Crippen LogP contribution in [0.25, 0.3) is 0 Å². The van der Waals surface area contributed by atoms with Crippen molar-refractivity contribution in [3.05, 3.63) is 52.9 Å². The van der Waals surface area contributed by atoms with E-state index >= 15 is 0 Å². The van der Waals surface area contributed by atoms with Crippen LogP contribution in [0.15, 0.2) is 41.0 Å². The summed E-state index contributed by atoms with van der Waals surface area (Å²) in [5.41, 5.74) is 6.55. The summed E-state index contributed by atoms with van der Waals surface area (Å²) in [6, 6.07) is 8.26. The predicted octanol–water partition coefficient (Wildman–Crippen LogP) is 2.69. The monoisotopic (exact) mass is 383 g/mol. The third kappa shape index (κ3) is 3.66. The molecule has 0 radical (unpaired) electrons. The van der Waals surface area contributed by atoms with Gasteiger partial charge < -0.3 is 20.0 Å². The summed E-state index contributed by atoms with van der Waals surface area (Å²) < 4.78 is 5.20. The number of likely N-dealkylation sites (N-methyl/N-ethyl adjacent to an activating group) is 1. The Kier molecular flexibility index (Phi) is 6.11. The van der Waals surface area contributed by atoms with Crippen LogP contribution >= 0.6 is 24.0 Å². The lowest BCUT2D eigenvalue weighted by atomic mass is 10.2. The molecule has 8 heteroatoms. The lowest BCUT2D eigenvalue weighted by molar-refractivity contribution is -0.120. The van der Waals surface area contributed by atoms with Gasteiger partial charge in [0.2, 0.25) is 5.91 Å². The molecule has 3 rings (SSSR count). The SMILES string of the molecule is CN(C(=O)c1coc(CN)c1)C1CCN(c2ccccc2Cl)C1=O.Cl. The van der Waals surface area contributed by atoms with E-state index in [1.807, 2.05) is 12.1 Å². The Balaban J connectivity index is 0.00000225. The first-order valence-electron chi connectivity index (χ1n) is 7.63. The molecule has 25 heavy (non-hydrogen) atoms. The van der Waals surface area contributed by atoms with E-state index in [0.29, 0.717) is 35.0 Å². The van der Waals surface area contributed by atoms with Crippen LogP contribution in [-0.4, -0.2) is 36.3 Å². The molecule has 6 nitrogen and oxygen atoms in total. The molecule has 1 aromatic heterocycles. The lowest BCUT2D eigenvalue weighted by Crippen LogP contribution is -2.42. The molecule has 2 heterocycles. The number of hydrogen-bond acceptors (Lipinski definition) is 4. The van der Waals surface area contributed by atoms with E-state index in [9.17, 15) is 9.59 Å². The Hall–Kier alpha value is -2.02. The average molecular weight is 384 g/mol. The number of anilines is 1. The number of carbonyl (C=O) groups excluding carboxylic acids is 2. The Labute approximate surface area is 156 Å². The van der Waals surface area contributed by atoms with Crippen LogP contribution in [0.2, 0.25) is 5.02 Å². The summed E-state index contributed by atoms with van der Waals surface area (Å²) in [5.74, 6) is 0.126. The van der Waals surface area contributed by atoms with Gasteiger partial charge in [-0.3, -0.25) is 9.59 Å². The fourth-order valence-electron chi connectivity index (χ4n) is 2.88. The maximum atomic E-state index is 12.7. The normalized spacial score (nSPS) is 16.7. The number of benzene rings is 1. The zero-order valence-electron chi connectivity index (χ0n) is 13.6. The Morgan fingerprint density at radius 1 is 1.44 bits per heavy atom. The second-order valence-corrected chi connectivity index (χ2v) is 6.07. The first-order valence-corrected chi connectivity index (χ1v) is 8.01. The third-order valence-corrected chi connectivity index (χ3v) is 4.53. The van der Waals surface area contributed by atoms with Crippen molar-refractivity contribution in [2.45, 2.75) is 19.0 Å². The van der Waals surface area contributed by atoms with Gasteiger partial charge in [-0.1, -0.05) is 23.7 Å². The predicted molar refractivity (Wildman–Crippen MR) is 98.2 cm³/mol. The number of nitrogens with zero attached hydrogens (tertiary/aromatic N) is 2. The molecule has 2 N–H and O–H groups in total. The van der Waals surface area contributed by atoms with Crippen LogP contribution in [0.4, 0.5) is 5.69 Å². The van der Waals surface area contributed by atoms with E-state index in [0.717, 1.165) is 0 Å². The molecule has 1 atom stereocenters. The summed E-state index contributed by atoms with van der Waals surface area (Å²) in [7, 11) is 1.62. The van der Waals surface area contributed by atoms with Gasteiger partial charge >= 0.3 is 0 Å². The van der Waals surface area contributed by atoms with Crippen LogP contribution < -0.4 is 10.6 Å². The van der Waals surface area contributed by atoms with Crippen LogP contribution in [0.1, 0.15) is 22.5 Å². The van der Waals surface area contributed by atoms with Gasteiger partial charge in [0, 0.05) is 13.6 Å². The number of furan rings is 1. The van der Waals surface area contributed by atoms with Crippen molar-refractivity contribution in [2.24, 2.45) is 5.73 Å². The molecule has 1 unspecified atom stereocenters. The molecule has 134 valence electrons. The molecule has 0 spiro atoms. The van der Waals surface area contributed by atoms with Crippen LogP contribution in [0.3, 0.4) is 0 Å². The number of para-hydroxylation sites is 1. The van der Waals surface area contributed by atoms with Crippen LogP contribution in [-0.2, 0) is 11.3 Å². The van der Waals surface area contributed by atoms with Crippen molar-refractivity contribution < 1.29 is 14.0 Å². The highest BCUT2D eigenvalue weighted by Gasteiger charge is 2.38. The molecular formula is C17H19Cl2N3O3. The maximum absolute atomic E-state index is 12.7. The van der Waals surface area contributed by atoms with Gasteiger partial charge in [-0.05, 0) is 24.6 Å². The van der Waals surface area contributed by atoms with Gasteiger partial charge in [-0.25, -0.2) is 0 Å². The van der Waals surface area contributed by atoms with Crippen molar-refractivity contribution in [1.82, 2.24) is 4.90 Å². The molecule has 1 aromatic carbocycles. The summed E-state index contributed by atoms with van der Waals surface area (Å²) in [5, 5.41) is 0.517. The molecule has 0 bridgehead atoms. The minimum atomic E-state index is -0.523. The van der Waals surface area contributed by atoms with E-state index in [-0.39, 0.29) is 30.8 Å². The van der Waals surface area contributed by atoms with Crippen LogP contribution in [0, 0.1) is 0 Å². The highest BCUT2D eigenvalue weighted by Crippen LogP contribution is 2.30. The average Bonchev–Trinajstić information content (AvgIpc) is 3.21. The summed E-state index contributed by atoms with van der Waals surface area (Å²) in [6.45, 7) is 0.740. The highest BCUT2D eigenvalue weighted by atomic mass is 35.5. The van der Waals surface area contributed by atoms with Gasteiger partial charge in [0.15, 0.2) is 0 Å². The van der Waals surface area contributed by atoms with Crippen LogP contribution in [0.5, 0.6) is 0 Å². The van der Waals surface area contributed by atoms with Gasteiger partial charge in [-0.15, -0.1) is 12.4 Å². The molecule has 2 amide bonds. The van der Waals surface area contributed by atoms with Crippen molar-refractivity contribution in [2.75, 3.05) is 18.5 Å². The van der Waals surface area contributed by atoms with E-state index in [2.05, 4.69) is 0 Å².